The van der Waals surface area contributed by atoms with Crippen molar-refractivity contribution < 1.29 is 13.2 Å². The van der Waals surface area contributed by atoms with Crippen LogP contribution in [0.3, 0.4) is 0 Å². The number of carbonyl (C=O) groups is 1. The third kappa shape index (κ3) is 2.78. The van der Waals surface area contributed by atoms with E-state index in [1.807, 2.05) is 0 Å². The Morgan fingerprint density at radius 1 is 1.45 bits per heavy atom. The van der Waals surface area contributed by atoms with Gasteiger partial charge in [-0.3, -0.25) is 9.89 Å². The van der Waals surface area contributed by atoms with Crippen molar-refractivity contribution in [1.29, 1.82) is 0 Å². The molecule has 0 spiro atoms. The maximum absolute atomic E-state index is 12.6. The first-order valence-corrected chi connectivity index (χ1v) is 9.74. The fourth-order valence-corrected chi connectivity index (χ4v) is 4.11. The zero-order valence-electron chi connectivity index (χ0n) is 12.0. The second-order valence-corrected chi connectivity index (χ2v) is 8.01. The molecule has 2 aromatic heterocycles. The van der Waals surface area contributed by atoms with E-state index in [-0.39, 0.29) is 16.8 Å². The molecule has 0 radical (unpaired) electrons. The molecule has 1 fully saturated rings. The summed E-state index contributed by atoms with van der Waals surface area (Å²) in [6, 6.07) is -0.310. The van der Waals surface area contributed by atoms with Crippen LogP contribution in [0, 0.1) is 0 Å². The Morgan fingerprint density at radius 2 is 2.27 bits per heavy atom. The maximum atomic E-state index is 12.6. The average Bonchev–Trinajstić information content (AvgIpc) is 3.17. The van der Waals surface area contributed by atoms with Gasteiger partial charge in [-0.05, 0) is 19.3 Å². The minimum absolute atomic E-state index is 0.162. The number of piperidine rings is 1. The van der Waals surface area contributed by atoms with Gasteiger partial charge in [-0.1, -0.05) is 0 Å². The SMILES string of the molecule is CS(=O)(=O)c1cn[nH]c1[C@H]1CCCCN1C(=O)c1cscn1. The van der Waals surface area contributed by atoms with Gasteiger partial charge in [0.05, 0.1) is 23.4 Å². The summed E-state index contributed by atoms with van der Waals surface area (Å²) >= 11 is 1.36. The topological polar surface area (TPSA) is 96.0 Å². The summed E-state index contributed by atoms with van der Waals surface area (Å²) in [5.74, 6) is -0.167. The molecule has 1 aliphatic heterocycles. The number of sulfone groups is 1. The van der Waals surface area contributed by atoms with Gasteiger partial charge in [-0.25, -0.2) is 13.4 Å². The highest BCUT2D eigenvalue weighted by atomic mass is 32.2. The summed E-state index contributed by atoms with van der Waals surface area (Å²) in [6.45, 7) is 0.587. The molecule has 0 bridgehead atoms. The molecular formula is C13H16N4O3S2. The Morgan fingerprint density at radius 3 is 2.95 bits per heavy atom. The summed E-state index contributed by atoms with van der Waals surface area (Å²) in [7, 11) is -3.39. The first-order valence-electron chi connectivity index (χ1n) is 6.91. The fourth-order valence-electron chi connectivity index (χ4n) is 2.76. The highest BCUT2D eigenvalue weighted by Crippen LogP contribution is 2.34. The lowest BCUT2D eigenvalue weighted by Gasteiger charge is -2.35. The molecule has 0 saturated carbocycles. The van der Waals surface area contributed by atoms with Crippen molar-refractivity contribution >= 4 is 27.1 Å². The van der Waals surface area contributed by atoms with Crippen LogP contribution in [0.15, 0.2) is 22.0 Å². The van der Waals surface area contributed by atoms with E-state index in [4.69, 9.17) is 0 Å². The van der Waals surface area contributed by atoms with E-state index in [0.717, 1.165) is 19.1 Å². The number of nitrogens with one attached hydrogen (secondary N) is 1. The van der Waals surface area contributed by atoms with Gasteiger partial charge in [-0.2, -0.15) is 5.10 Å². The van der Waals surface area contributed by atoms with Crippen LogP contribution in [-0.2, 0) is 9.84 Å². The number of hydrogen-bond acceptors (Lipinski definition) is 6. The molecule has 1 aliphatic rings. The number of likely N-dealkylation sites (tertiary alicyclic amines) is 1. The zero-order valence-corrected chi connectivity index (χ0v) is 13.7. The van der Waals surface area contributed by atoms with E-state index in [1.165, 1.54) is 17.5 Å². The largest absolute Gasteiger partial charge is 0.329 e. The van der Waals surface area contributed by atoms with Gasteiger partial charge in [0.15, 0.2) is 9.84 Å². The van der Waals surface area contributed by atoms with Crippen LogP contribution in [0.25, 0.3) is 0 Å². The quantitative estimate of drug-likeness (QED) is 0.916. The number of amides is 1. The number of hydrogen-bond donors (Lipinski definition) is 1. The molecular weight excluding hydrogens is 324 g/mol. The van der Waals surface area contributed by atoms with E-state index in [0.29, 0.717) is 24.4 Å². The van der Waals surface area contributed by atoms with Crippen molar-refractivity contribution in [2.45, 2.75) is 30.2 Å². The molecule has 2 aromatic rings. The summed E-state index contributed by atoms with van der Waals surface area (Å²) < 4.78 is 23.8. The number of aromatic amines is 1. The fraction of sp³-hybridized carbons (Fsp3) is 0.462. The third-order valence-corrected chi connectivity index (χ3v) is 5.49. The molecule has 1 saturated heterocycles. The third-order valence-electron chi connectivity index (χ3n) is 3.78. The lowest BCUT2D eigenvalue weighted by molar-refractivity contribution is 0.0597. The normalized spacial score (nSPS) is 19.3. The smallest absolute Gasteiger partial charge is 0.273 e. The minimum atomic E-state index is -3.39. The second kappa shape index (κ2) is 5.81. The van der Waals surface area contributed by atoms with E-state index >= 15 is 0 Å². The van der Waals surface area contributed by atoms with Gasteiger partial charge in [0.1, 0.15) is 10.6 Å². The van der Waals surface area contributed by atoms with Crippen molar-refractivity contribution in [2.24, 2.45) is 0 Å². The molecule has 1 amide bonds. The van der Waals surface area contributed by atoms with E-state index < -0.39 is 9.84 Å². The minimum Gasteiger partial charge on any atom is -0.329 e. The molecule has 1 atom stereocenters. The van der Waals surface area contributed by atoms with Crippen LogP contribution in [0.4, 0.5) is 0 Å². The Kier molecular flexibility index (Phi) is 4.00. The van der Waals surface area contributed by atoms with E-state index in [2.05, 4.69) is 15.2 Å². The van der Waals surface area contributed by atoms with E-state index in [1.54, 1.807) is 15.8 Å². The second-order valence-electron chi connectivity index (χ2n) is 5.30. The van der Waals surface area contributed by atoms with Crippen LogP contribution in [0.2, 0.25) is 0 Å². The standard InChI is InChI=1S/C13H16N4O3S2/c1-22(19,20)11-6-15-16-12(11)10-4-2-3-5-17(10)13(18)9-7-21-8-14-9/h6-8,10H,2-5H2,1H3,(H,15,16)/t10-/m1/s1. The zero-order chi connectivity index (χ0) is 15.7. The number of thiazole rings is 1. The van der Waals surface area contributed by atoms with Crippen LogP contribution in [0.5, 0.6) is 0 Å². The summed E-state index contributed by atoms with van der Waals surface area (Å²) in [6.07, 6.45) is 5.00. The Hall–Kier alpha value is -1.74. The number of nitrogens with zero attached hydrogens (tertiary/aromatic N) is 3. The molecule has 1 N–H and O–H groups in total. The number of H-pyrrole nitrogens is 1. The molecule has 0 aliphatic carbocycles. The van der Waals surface area contributed by atoms with Gasteiger partial charge in [0, 0.05) is 18.2 Å². The molecule has 0 unspecified atom stereocenters. The molecule has 9 heteroatoms. The van der Waals surface area contributed by atoms with Crippen LogP contribution in [-0.4, -0.2) is 47.2 Å². The Labute approximate surface area is 132 Å². The Balaban J connectivity index is 1.97. The van der Waals surface area contributed by atoms with E-state index in [9.17, 15) is 13.2 Å². The first kappa shape index (κ1) is 15.2. The monoisotopic (exact) mass is 340 g/mol. The van der Waals surface area contributed by atoms with Crippen molar-refractivity contribution in [3.8, 4) is 0 Å². The van der Waals surface area contributed by atoms with Crippen LogP contribution < -0.4 is 0 Å². The summed E-state index contributed by atoms with van der Waals surface area (Å²) in [5, 5.41) is 8.34. The maximum Gasteiger partial charge on any atom is 0.273 e. The van der Waals surface area contributed by atoms with Crippen molar-refractivity contribution in [3.63, 3.8) is 0 Å². The van der Waals surface area contributed by atoms with Crippen molar-refractivity contribution in [1.82, 2.24) is 20.1 Å². The molecule has 7 nitrogen and oxygen atoms in total. The molecule has 3 rings (SSSR count). The lowest BCUT2D eigenvalue weighted by Crippen LogP contribution is -2.39. The predicted octanol–water partition coefficient (Wildman–Crippen LogP) is 1.64. The molecule has 22 heavy (non-hydrogen) atoms. The van der Waals surface area contributed by atoms with Crippen molar-refractivity contribution in [3.05, 3.63) is 28.5 Å². The van der Waals surface area contributed by atoms with Gasteiger partial charge in [0.2, 0.25) is 0 Å². The highest BCUT2D eigenvalue weighted by molar-refractivity contribution is 7.90. The number of rotatable bonds is 3. The van der Waals surface area contributed by atoms with Gasteiger partial charge in [-0.15, -0.1) is 11.3 Å². The van der Waals surface area contributed by atoms with Gasteiger partial charge < -0.3 is 4.90 Å². The molecule has 3 heterocycles. The summed E-state index contributed by atoms with van der Waals surface area (Å²) in [4.78, 5) is 18.5. The highest BCUT2D eigenvalue weighted by Gasteiger charge is 2.33. The van der Waals surface area contributed by atoms with Crippen LogP contribution in [0.1, 0.15) is 41.5 Å². The Bertz CT molecular complexity index is 767. The summed E-state index contributed by atoms with van der Waals surface area (Å²) in [5.41, 5.74) is 2.51. The average molecular weight is 340 g/mol. The molecule has 0 aromatic carbocycles. The first-order chi connectivity index (χ1) is 10.5. The van der Waals surface area contributed by atoms with Crippen LogP contribution >= 0.6 is 11.3 Å². The van der Waals surface area contributed by atoms with Gasteiger partial charge >= 0.3 is 0 Å². The lowest BCUT2D eigenvalue weighted by atomic mass is 9.99. The number of carbonyl (C=O) groups excluding carboxylic acids is 1. The molecule has 118 valence electrons. The predicted molar refractivity (Wildman–Crippen MR) is 81.4 cm³/mol. The van der Waals surface area contributed by atoms with Gasteiger partial charge in [0.25, 0.3) is 5.91 Å². The van der Waals surface area contributed by atoms with Crippen molar-refractivity contribution in [2.75, 3.05) is 12.8 Å². The number of aromatic nitrogens is 3.